The van der Waals surface area contributed by atoms with E-state index in [1.165, 1.54) is 24.4 Å². The zero-order chi connectivity index (χ0) is 19.2. The molecule has 2 heterocycles. The first-order valence-electron chi connectivity index (χ1n) is 8.58. The van der Waals surface area contributed by atoms with E-state index in [9.17, 15) is 8.78 Å². The van der Waals surface area contributed by atoms with Gasteiger partial charge in [0.2, 0.25) is 0 Å². The maximum Gasteiger partial charge on any atom is 0.153 e. The van der Waals surface area contributed by atoms with E-state index in [0.29, 0.717) is 22.9 Å². The van der Waals surface area contributed by atoms with E-state index in [1.807, 2.05) is 16.9 Å². The van der Waals surface area contributed by atoms with Crippen LogP contribution in [0.3, 0.4) is 0 Å². The molecule has 3 aromatic rings. The van der Waals surface area contributed by atoms with E-state index < -0.39 is 11.6 Å². The Balaban J connectivity index is 1.77. The number of pyridine rings is 1. The van der Waals surface area contributed by atoms with Gasteiger partial charge in [-0.3, -0.25) is 4.68 Å². The molecule has 0 amide bonds. The van der Waals surface area contributed by atoms with Crippen LogP contribution in [0.1, 0.15) is 24.5 Å². The second-order valence-electron chi connectivity index (χ2n) is 5.94. The van der Waals surface area contributed by atoms with Gasteiger partial charge in [-0.15, -0.1) is 0 Å². The van der Waals surface area contributed by atoms with Gasteiger partial charge < -0.3 is 16.0 Å². The van der Waals surface area contributed by atoms with Crippen LogP contribution in [0.25, 0.3) is 0 Å². The molecule has 6 nitrogen and oxygen atoms in total. The molecule has 140 valence electrons. The third-order valence-corrected chi connectivity index (χ3v) is 3.96. The Morgan fingerprint density at radius 3 is 2.67 bits per heavy atom. The van der Waals surface area contributed by atoms with E-state index in [1.54, 1.807) is 6.07 Å². The summed E-state index contributed by atoms with van der Waals surface area (Å²) in [6.07, 6.45) is 5.50. The van der Waals surface area contributed by atoms with Gasteiger partial charge in [0.05, 0.1) is 0 Å². The first kappa shape index (κ1) is 18.5. The molecule has 0 bridgehead atoms. The van der Waals surface area contributed by atoms with Gasteiger partial charge in [-0.1, -0.05) is 13.0 Å². The molecule has 27 heavy (non-hydrogen) atoms. The van der Waals surface area contributed by atoms with Gasteiger partial charge in [0.25, 0.3) is 0 Å². The quantitative estimate of drug-likeness (QED) is 0.516. The first-order chi connectivity index (χ1) is 13.1. The number of nitrogens with zero attached hydrogens (tertiary/aromatic N) is 3. The minimum atomic E-state index is -0.618. The number of hydrogen-bond donors (Lipinski definition) is 3. The second kappa shape index (κ2) is 8.39. The van der Waals surface area contributed by atoms with Crippen molar-refractivity contribution >= 4 is 23.5 Å². The van der Waals surface area contributed by atoms with Crippen LogP contribution in [0.5, 0.6) is 0 Å². The maximum atomic E-state index is 13.8. The lowest BCUT2D eigenvalue weighted by molar-refractivity contribution is 0.560. The molecule has 0 aliphatic rings. The van der Waals surface area contributed by atoms with Crippen molar-refractivity contribution in [1.29, 1.82) is 5.41 Å². The fourth-order valence-corrected chi connectivity index (χ4v) is 2.60. The number of halogens is 2. The van der Waals surface area contributed by atoms with Crippen LogP contribution in [-0.4, -0.2) is 21.0 Å². The van der Waals surface area contributed by atoms with Crippen LogP contribution in [0.4, 0.5) is 26.1 Å². The fourth-order valence-electron chi connectivity index (χ4n) is 2.60. The van der Waals surface area contributed by atoms with Crippen LogP contribution < -0.4 is 10.6 Å². The molecule has 2 aromatic heterocycles. The van der Waals surface area contributed by atoms with Gasteiger partial charge in [-0.2, -0.15) is 5.10 Å². The second-order valence-corrected chi connectivity index (χ2v) is 5.94. The number of benzene rings is 1. The molecule has 0 fully saturated rings. The summed E-state index contributed by atoms with van der Waals surface area (Å²) in [5, 5.41) is 18.0. The van der Waals surface area contributed by atoms with Crippen molar-refractivity contribution in [1.82, 2.24) is 14.8 Å². The van der Waals surface area contributed by atoms with Gasteiger partial charge >= 0.3 is 0 Å². The zero-order valence-electron chi connectivity index (χ0n) is 14.8. The van der Waals surface area contributed by atoms with Crippen LogP contribution in [0.2, 0.25) is 0 Å². The van der Waals surface area contributed by atoms with E-state index >= 15 is 0 Å². The first-order valence-corrected chi connectivity index (χ1v) is 8.58. The zero-order valence-corrected chi connectivity index (χ0v) is 14.8. The molecule has 0 saturated carbocycles. The largest absolute Gasteiger partial charge is 0.380 e. The maximum absolute atomic E-state index is 13.8. The molecule has 0 aliphatic carbocycles. The Hall–Kier alpha value is -3.29. The number of hydrogen-bond acceptors (Lipinski definition) is 5. The number of rotatable bonds is 8. The minimum absolute atomic E-state index is 0.0477. The summed E-state index contributed by atoms with van der Waals surface area (Å²) in [7, 11) is 0. The van der Waals surface area contributed by atoms with Crippen molar-refractivity contribution in [2.45, 2.75) is 26.4 Å². The van der Waals surface area contributed by atoms with Gasteiger partial charge in [0, 0.05) is 60.6 Å². The van der Waals surface area contributed by atoms with Gasteiger partial charge in [0.1, 0.15) is 17.5 Å². The average Bonchev–Trinajstić information content (AvgIpc) is 3.09. The highest BCUT2D eigenvalue weighted by atomic mass is 19.1. The molecule has 8 heteroatoms. The smallest absolute Gasteiger partial charge is 0.153 e. The lowest BCUT2D eigenvalue weighted by atomic mass is 10.1. The molecule has 0 radical (unpaired) electrons. The Morgan fingerprint density at radius 1 is 1.19 bits per heavy atom. The molecule has 0 spiro atoms. The lowest BCUT2D eigenvalue weighted by Crippen LogP contribution is -2.07. The summed E-state index contributed by atoms with van der Waals surface area (Å²) in [5.41, 5.74) is 0.991. The van der Waals surface area contributed by atoms with Crippen LogP contribution in [0, 0.1) is 17.0 Å². The predicted octanol–water partition coefficient (Wildman–Crippen LogP) is 4.32. The SMILES string of the molecule is CCCn1ccc(Nc2cc(NCc3c(F)cccc3F)c(C=N)cn2)n1. The molecule has 3 N–H and O–H groups in total. The minimum Gasteiger partial charge on any atom is -0.380 e. The molecular weight excluding hydrogens is 350 g/mol. The van der Waals surface area contributed by atoms with Crippen LogP contribution >= 0.6 is 0 Å². The van der Waals surface area contributed by atoms with Gasteiger partial charge in [-0.25, -0.2) is 13.8 Å². The summed E-state index contributed by atoms with van der Waals surface area (Å²) in [6.45, 7) is 2.85. The average molecular weight is 370 g/mol. The summed E-state index contributed by atoms with van der Waals surface area (Å²) in [6, 6.07) is 7.26. The Morgan fingerprint density at radius 2 is 1.96 bits per heavy atom. The van der Waals surface area contributed by atoms with E-state index in [-0.39, 0.29) is 12.1 Å². The van der Waals surface area contributed by atoms with Gasteiger partial charge in [-0.05, 0) is 18.6 Å². The Labute approximate surface area is 155 Å². The highest BCUT2D eigenvalue weighted by Gasteiger charge is 2.10. The Bertz CT molecular complexity index is 917. The molecular formula is C19H20F2N6. The third kappa shape index (κ3) is 4.46. The lowest BCUT2D eigenvalue weighted by Gasteiger charge is -2.12. The fraction of sp³-hybridized carbons (Fsp3) is 0.211. The summed E-state index contributed by atoms with van der Waals surface area (Å²) in [4.78, 5) is 4.25. The van der Waals surface area contributed by atoms with Crippen molar-refractivity contribution in [2.75, 3.05) is 10.6 Å². The predicted molar refractivity (Wildman–Crippen MR) is 102 cm³/mol. The van der Waals surface area contributed by atoms with Crippen molar-refractivity contribution in [3.05, 3.63) is 65.5 Å². The van der Waals surface area contributed by atoms with Crippen molar-refractivity contribution in [3.63, 3.8) is 0 Å². The summed E-state index contributed by atoms with van der Waals surface area (Å²) < 4.78 is 29.4. The number of anilines is 3. The topological polar surface area (TPSA) is 78.6 Å². The van der Waals surface area contributed by atoms with Crippen molar-refractivity contribution in [2.24, 2.45) is 0 Å². The molecule has 0 aliphatic heterocycles. The van der Waals surface area contributed by atoms with E-state index in [2.05, 4.69) is 27.6 Å². The third-order valence-electron chi connectivity index (χ3n) is 3.96. The van der Waals surface area contributed by atoms with Crippen molar-refractivity contribution < 1.29 is 8.78 Å². The number of nitrogens with one attached hydrogen (secondary N) is 3. The molecule has 1 aromatic carbocycles. The van der Waals surface area contributed by atoms with Crippen LogP contribution in [0.15, 0.2) is 42.7 Å². The standard InChI is InChI=1S/C19H20F2N6/c1-2-7-27-8-6-18(26-27)25-19-9-17(13(10-22)11-24-19)23-12-14-15(20)4-3-5-16(14)21/h3-6,8-11,22H,2,7,12H2,1H3,(H2,23,24,25,26). The normalized spacial score (nSPS) is 10.6. The summed E-state index contributed by atoms with van der Waals surface area (Å²) in [5.74, 6) is -0.0796. The van der Waals surface area contributed by atoms with E-state index in [0.717, 1.165) is 19.2 Å². The van der Waals surface area contributed by atoms with Crippen LogP contribution in [-0.2, 0) is 13.1 Å². The van der Waals surface area contributed by atoms with E-state index in [4.69, 9.17) is 5.41 Å². The monoisotopic (exact) mass is 370 g/mol. The Kier molecular flexibility index (Phi) is 5.75. The van der Waals surface area contributed by atoms with Crippen molar-refractivity contribution in [3.8, 4) is 0 Å². The highest BCUT2D eigenvalue weighted by Crippen LogP contribution is 2.22. The number of aromatic nitrogens is 3. The van der Waals surface area contributed by atoms with Gasteiger partial charge in [0.15, 0.2) is 5.82 Å². The molecule has 0 saturated heterocycles. The summed E-state index contributed by atoms with van der Waals surface area (Å²) >= 11 is 0. The molecule has 0 unspecified atom stereocenters. The number of aryl methyl sites for hydroxylation is 1. The molecule has 0 atom stereocenters. The highest BCUT2D eigenvalue weighted by molar-refractivity contribution is 5.86. The molecule has 3 rings (SSSR count).